The van der Waals surface area contributed by atoms with Crippen molar-refractivity contribution in [3.8, 4) is 23.1 Å². The maximum absolute atomic E-state index is 11.8. The zero-order chi connectivity index (χ0) is 23.2. The van der Waals surface area contributed by atoms with Gasteiger partial charge in [0.05, 0.1) is 0 Å². The molecule has 3 aromatic rings. The lowest BCUT2D eigenvalue weighted by molar-refractivity contribution is -0.117. The molecule has 1 fully saturated rings. The van der Waals surface area contributed by atoms with E-state index in [1.807, 2.05) is 30.3 Å². The van der Waals surface area contributed by atoms with Crippen LogP contribution in [0, 0.1) is 0 Å². The molecule has 1 heterocycles. The van der Waals surface area contributed by atoms with E-state index in [2.05, 4.69) is 27.2 Å². The zero-order valence-electron chi connectivity index (χ0n) is 17.7. The molecular formula is C24H23N5O4. The Kier molecular flexibility index (Phi) is 6.49. The van der Waals surface area contributed by atoms with E-state index in [-0.39, 0.29) is 29.4 Å². The molecule has 0 atom stereocenters. The normalized spacial score (nSPS) is 16.7. The van der Waals surface area contributed by atoms with Crippen molar-refractivity contribution in [2.75, 3.05) is 5.32 Å². The standard InChI is InChI=1S/C24H23N5O4/c1-2-21(30)27-15-12-16(13-15)28-24-26-14-20(22(25)31)23(29-24)33-19-10-8-18(9-11-19)32-17-6-4-3-5-7-17/h2-11,14-16H,1,12-13H2,(H2,25,31)(H,27,30)(H,26,28,29)/t15-,16-. The van der Waals surface area contributed by atoms with Gasteiger partial charge in [0.1, 0.15) is 22.8 Å². The molecule has 0 saturated heterocycles. The second-order valence-corrected chi connectivity index (χ2v) is 7.49. The first-order valence-corrected chi connectivity index (χ1v) is 10.4. The Hall–Kier alpha value is -4.40. The number of aromatic nitrogens is 2. The number of nitrogens with two attached hydrogens (primary N) is 1. The molecule has 2 amide bonds. The summed E-state index contributed by atoms with van der Waals surface area (Å²) >= 11 is 0. The number of benzene rings is 2. The van der Waals surface area contributed by atoms with Crippen LogP contribution in [-0.2, 0) is 4.79 Å². The number of amides is 2. The summed E-state index contributed by atoms with van der Waals surface area (Å²) in [6.07, 6.45) is 4.02. The van der Waals surface area contributed by atoms with Gasteiger partial charge in [0.25, 0.3) is 5.91 Å². The topological polar surface area (TPSA) is 128 Å². The first-order valence-electron chi connectivity index (χ1n) is 10.4. The fourth-order valence-electron chi connectivity index (χ4n) is 3.29. The van der Waals surface area contributed by atoms with Crippen molar-refractivity contribution in [1.82, 2.24) is 15.3 Å². The molecule has 0 radical (unpaired) electrons. The SMILES string of the molecule is C=CC(=O)N[C@H]1C[C@H](Nc2ncc(C(N)=O)c(Oc3ccc(Oc4ccccc4)cc3)n2)C1. The third kappa shape index (κ3) is 5.65. The number of para-hydroxylation sites is 1. The van der Waals surface area contributed by atoms with Gasteiger partial charge in [-0.05, 0) is 55.3 Å². The number of carbonyl (C=O) groups excluding carboxylic acids is 2. The molecule has 1 aliphatic carbocycles. The van der Waals surface area contributed by atoms with Gasteiger partial charge in [0.2, 0.25) is 17.7 Å². The van der Waals surface area contributed by atoms with Gasteiger partial charge in [0, 0.05) is 18.3 Å². The van der Waals surface area contributed by atoms with Crippen LogP contribution in [0.15, 0.2) is 73.4 Å². The van der Waals surface area contributed by atoms with E-state index in [4.69, 9.17) is 15.2 Å². The Labute approximate surface area is 190 Å². The Morgan fingerprint density at radius 2 is 1.61 bits per heavy atom. The second-order valence-electron chi connectivity index (χ2n) is 7.49. The highest BCUT2D eigenvalue weighted by atomic mass is 16.5. The summed E-state index contributed by atoms with van der Waals surface area (Å²) in [5.41, 5.74) is 5.52. The van der Waals surface area contributed by atoms with Crippen molar-refractivity contribution in [2.45, 2.75) is 24.9 Å². The van der Waals surface area contributed by atoms with Crippen LogP contribution in [0.2, 0.25) is 0 Å². The molecule has 2 aromatic carbocycles. The Morgan fingerprint density at radius 1 is 0.970 bits per heavy atom. The van der Waals surface area contributed by atoms with Gasteiger partial charge < -0.3 is 25.8 Å². The Morgan fingerprint density at radius 3 is 2.24 bits per heavy atom. The minimum Gasteiger partial charge on any atom is -0.457 e. The van der Waals surface area contributed by atoms with Crippen LogP contribution in [-0.4, -0.2) is 33.9 Å². The number of nitrogens with one attached hydrogen (secondary N) is 2. The molecule has 0 spiro atoms. The van der Waals surface area contributed by atoms with E-state index in [0.717, 1.165) is 18.6 Å². The van der Waals surface area contributed by atoms with Gasteiger partial charge in [0.15, 0.2) is 0 Å². The lowest BCUT2D eigenvalue weighted by Crippen LogP contribution is -2.49. The van der Waals surface area contributed by atoms with Crippen LogP contribution in [0.25, 0.3) is 0 Å². The van der Waals surface area contributed by atoms with Gasteiger partial charge in [-0.3, -0.25) is 9.59 Å². The number of ether oxygens (including phenoxy) is 2. The van der Waals surface area contributed by atoms with E-state index < -0.39 is 5.91 Å². The summed E-state index contributed by atoms with van der Waals surface area (Å²) < 4.78 is 11.6. The molecule has 4 N–H and O–H groups in total. The van der Waals surface area contributed by atoms with E-state index in [1.54, 1.807) is 24.3 Å². The third-order valence-corrected chi connectivity index (χ3v) is 5.04. The molecule has 168 valence electrons. The summed E-state index contributed by atoms with van der Waals surface area (Å²) in [7, 11) is 0. The minimum atomic E-state index is -0.698. The minimum absolute atomic E-state index is 0.0487. The lowest BCUT2D eigenvalue weighted by atomic mass is 9.87. The third-order valence-electron chi connectivity index (χ3n) is 5.04. The van der Waals surface area contributed by atoms with Crippen LogP contribution in [0.3, 0.4) is 0 Å². The summed E-state index contributed by atoms with van der Waals surface area (Å²) in [4.78, 5) is 31.7. The lowest BCUT2D eigenvalue weighted by Gasteiger charge is -2.36. The largest absolute Gasteiger partial charge is 0.457 e. The van der Waals surface area contributed by atoms with Crippen LogP contribution in [0.5, 0.6) is 23.1 Å². The molecule has 1 saturated carbocycles. The molecule has 9 heteroatoms. The molecular weight excluding hydrogens is 422 g/mol. The van der Waals surface area contributed by atoms with E-state index in [9.17, 15) is 9.59 Å². The number of carbonyl (C=O) groups is 2. The average molecular weight is 445 g/mol. The quantitative estimate of drug-likeness (QED) is 0.431. The molecule has 9 nitrogen and oxygen atoms in total. The summed E-state index contributed by atoms with van der Waals surface area (Å²) in [6.45, 7) is 3.44. The predicted octanol–water partition coefficient (Wildman–Crippen LogP) is 3.41. The van der Waals surface area contributed by atoms with Gasteiger partial charge in [-0.25, -0.2) is 4.98 Å². The van der Waals surface area contributed by atoms with Crippen molar-refractivity contribution in [3.05, 3.63) is 79.0 Å². The highest BCUT2D eigenvalue weighted by Crippen LogP contribution is 2.29. The number of rotatable bonds is 9. The molecule has 33 heavy (non-hydrogen) atoms. The average Bonchev–Trinajstić information content (AvgIpc) is 2.79. The predicted molar refractivity (Wildman–Crippen MR) is 122 cm³/mol. The van der Waals surface area contributed by atoms with Gasteiger partial charge in [-0.15, -0.1) is 0 Å². The summed E-state index contributed by atoms with van der Waals surface area (Å²) in [5, 5.41) is 6.01. The fraction of sp³-hybridized carbons (Fsp3) is 0.167. The van der Waals surface area contributed by atoms with Crippen LogP contribution >= 0.6 is 0 Å². The monoisotopic (exact) mass is 445 g/mol. The second kappa shape index (κ2) is 9.82. The van der Waals surface area contributed by atoms with E-state index in [0.29, 0.717) is 17.4 Å². The first kappa shape index (κ1) is 21.8. The van der Waals surface area contributed by atoms with Crippen molar-refractivity contribution in [2.24, 2.45) is 5.73 Å². The van der Waals surface area contributed by atoms with Gasteiger partial charge >= 0.3 is 0 Å². The van der Waals surface area contributed by atoms with Gasteiger partial charge in [-0.1, -0.05) is 24.8 Å². The molecule has 0 aliphatic heterocycles. The molecule has 0 bridgehead atoms. The van der Waals surface area contributed by atoms with Crippen molar-refractivity contribution in [3.63, 3.8) is 0 Å². The van der Waals surface area contributed by atoms with E-state index >= 15 is 0 Å². The van der Waals surface area contributed by atoms with Crippen LogP contribution in [0.4, 0.5) is 5.95 Å². The van der Waals surface area contributed by atoms with Crippen molar-refractivity contribution >= 4 is 17.8 Å². The summed E-state index contributed by atoms with van der Waals surface area (Å²) in [6, 6.07) is 16.5. The molecule has 1 aromatic heterocycles. The number of hydrogen-bond donors (Lipinski definition) is 3. The first-order chi connectivity index (χ1) is 16.0. The zero-order valence-corrected chi connectivity index (χ0v) is 17.7. The Bertz CT molecular complexity index is 1150. The maximum atomic E-state index is 11.8. The molecule has 4 rings (SSSR count). The fourth-order valence-corrected chi connectivity index (χ4v) is 3.29. The number of anilines is 1. The number of nitrogens with zero attached hydrogens (tertiary/aromatic N) is 2. The smallest absolute Gasteiger partial charge is 0.255 e. The molecule has 1 aliphatic rings. The highest BCUT2D eigenvalue weighted by molar-refractivity contribution is 5.95. The number of primary amides is 1. The maximum Gasteiger partial charge on any atom is 0.255 e. The summed E-state index contributed by atoms with van der Waals surface area (Å²) in [5.74, 6) is 1.27. The van der Waals surface area contributed by atoms with Gasteiger partial charge in [-0.2, -0.15) is 4.98 Å². The highest BCUT2D eigenvalue weighted by Gasteiger charge is 2.30. The van der Waals surface area contributed by atoms with Crippen molar-refractivity contribution in [1.29, 1.82) is 0 Å². The van der Waals surface area contributed by atoms with Crippen LogP contribution in [0.1, 0.15) is 23.2 Å². The Balaban J connectivity index is 1.41. The van der Waals surface area contributed by atoms with Crippen LogP contribution < -0.4 is 25.8 Å². The molecule has 0 unspecified atom stereocenters. The van der Waals surface area contributed by atoms with E-state index in [1.165, 1.54) is 12.3 Å². The van der Waals surface area contributed by atoms with Crippen molar-refractivity contribution < 1.29 is 19.1 Å². The number of hydrogen-bond acceptors (Lipinski definition) is 7.